The molecule has 1 atom stereocenters. The van der Waals surface area contributed by atoms with Crippen LogP contribution in [0.15, 0.2) is 5.16 Å². The van der Waals surface area contributed by atoms with Crippen molar-refractivity contribution in [3.05, 3.63) is 0 Å². The van der Waals surface area contributed by atoms with Crippen LogP contribution in [0.2, 0.25) is 0 Å². The standard InChI is InChI=1S/C9H12N2O3/c1-7(2)9(5-10,6-12)8(13)4-11-14-3/h4,6-7H,1-3H3/b11-4+. The minimum absolute atomic E-state index is 0.349. The zero-order valence-electron chi connectivity index (χ0n) is 8.35. The van der Waals surface area contributed by atoms with Crippen LogP contribution in [0.3, 0.4) is 0 Å². The summed E-state index contributed by atoms with van der Waals surface area (Å²) >= 11 is 0. The number of hydrogen-bond donors (Lipinski definition) is 0. The largest absolute Gasteiger partial charge is 0.399 e. The molecule has 0 N–H and O–H groups in total. The molecule has 0 bridgehead atoms. The third-order valence-corrected chi connectivity index (χ3v) is 1.96. The van der Waals surface area contributed by atoms with E-state index in [1.54, 1.807) is 19.9 Å². The van der Waals surface area contributed by atoms with Crippen LogP contribution < -0.4 is 0 Å². The molecule has 0 aromatic rings. The van der Waals surface area contributed by atoms with Crippen molar-refractivity contribution in [3.8, 4) is 6.07 Å². The minimum Gasteiger partial charge on any atom is -0.399 e. The average Bonchev–Trinajstić information content (AvgIpc) is 2.17. The Hall–Kier alpha value is -1.70. The quantitative estimate of drug-likeness (QED) is 0.278. The van der Waals surface area contributed by atoms with Gasteiger partial charge in [0.1, 0.15) is 19.6 Å². The highest BCUT2D eigenvalue weighted by molar-refractivity contribution is 6.34. The first kappa shape index (κ1) is 12.3. The van der Waals surface area contributed by atoms with E-state index in [1.165, 1.54) is 7.11 Å². The lowest BCUT2D eigenvalue weighted by molar-refractivity contribution is -0.128. The Morgan fingerprint density at radius 2 is 2.21 bits per heavy atom. The maximum Gasteiger partial charge on any atom is 0.204 e. The molecule has 0 saturated heterocycles. The summed E-state index contributed by atoms with van der Waals surface area (Å²) in [7, 11) is 1.27. The summed E-state index contributed by atoms with van der Waals surface area (Å²) in [6.07, 6.45) is 1.19. The van der Waals surface area contributed by atoms with Crippen LogP contribution in [0.1, 0.15) is 13.8 Å². The summed E-state index contributed by atoms with van der Waals surface area (Å²) in [6, 6.07) is 1.71. The molecule has 0 aromatic heterocycles. The smallest absolute Gasteiger partial charge is 0.204 e. The third kappa shape index (κ3) is 2.16. The SMILES string of the molecule is CO/N=C/C(=O)C(C#N)(C=O)C(C)C. The van der Waals surface area contributed by atoms with E-state index in [0.29, 0.717) is 6.29 Å². The number of Topliss-reactive ketones (excluding diaryl/α,β-unsaturated/α-hetero) is 1. The number of aldehydes is 1. The van der Waals surface area contributed by atoms with Gasteiger partial charge in [0, 0.05) is 0 Å². The van der Waals surface area contributed by atoms with Gasteiger partial charge in [-0.2, -0.15) is 5.26 Å². The van der Waals surface area contributed by atoms with Crippen LogP contribution >= 0.6 is 0 Å². The van der Waals surface area contributed by atoms with Crippen LogP contribution in [-0.2, 0) is 14.4 Å². The fourth-order valence-electron chi connectivity index (χ4n) is 0.897. The van der Waals surface area contributed by atoms with Crippen molar-refractivity contribution in [1.29, 1.82) is 5.26 Å². The van der Waals surface area contributed by atoms with Gasteiger partial charge in [0.2, 0.25) is 5.78 Å². The van der Waals surface area contributed by atoms with Crippen LogP contribution in [0, 0.1) is 22.7 Å². The van der Waals surface area contributed by atoms with E-state index >= 15 is 0 Å². The van der Waals surface area contributed by atoms with Gasteiger partial charge in [-0.25, -0.2) is 0 Å². The van der Waals surface area contributed by atoms with Gasteiger partial charge in [-0.1, -0.05) is 19.0 Å². The Labute approximate surface area is 82.3 Å². The molecule has 0 aliphatic heterocycles. The highest BCUT2D eigenvalue weighted by Gasteiger charge is 2.41. The van der Waals surface area contributed by atoms with Crippen molar-refractivity contribution in [1.82, 2.24) is 0 Å². The molecule has 0 aliphatic rings. The monoisotopic (exact) mass is 196 g/mol. The first-order valence-corrected chi connectivity index (χ1v) is 4.03. The molecule has 0 spiro atoms. The highest BCUT2D eigenvalue weighted by Crippen LogP contribution is 2.24. The van der Waals surface area contributed by atoms with Crippen molar-refractivity contribution in [2.24, 2.45) is 16.5 Å². The lowest BCUT2D eigenvalue weighted by atomic mass is 9.76. The molecule has 0 fully saturated rings. The van der Waals surface area contributed by atoms with Gasteiger partial charge < -0.3 is 9.63 Å². The second kappa shape index (κ2) is 5.12. The number of ketones is 1. The van der Waals surface area contributed by atoms with Gasteiger partial charge in [0.05, 0.1) is 6.07 Å². The van der Waals surface area contributed by atoms with Gasteiger partial charge in [-0.3, -0.25) is 4.79 Å². The lowest BCUT2D eigenvalue weighted by Gasteiger charge is -2.19. The van der Waals surface area contributed by atoms with Crippen molar-refractivity contribution in [2.45, 2.75) is 13.8 Å². The Bertz CT molecular complexity index is 291. The summed E-state index contributed by atoms with van der Waals surface area (Å²) < 4.78 is 0. The number of hydrogen-bond acceptors (Lipinski definition) is 5. The molecular weight excluding hydrogens is 184 g/mol. The maximum atomic E-state index is 11.4. The summed E-state index contributed by atoms with van der Waals surface area (Å²) in [5, 5.41) is 12.0. The zero-order chi connectivity index (χ0) is 11.2. The zero-order valence-corrected chi connectivity index (χ0v) is 8.35. The van der Waals surface area contributed by atoms with Crippen molar-refractivity contribution in [2.75, 3.05) is 7.11 Å². The first-order valence-electron chi connectivity index (χ1n) is 4.03. The fourth-order valence-corrected chi connectivity index (χ4v) is 0.897. The topological polar surface area (TPSA) is 79.5 Å². The molecule has 5 nitrogen and oxygen atoms in total. The Morgan fingerprint density at radius 1 is 1.64 bits per heavy atom. The van der Waals surface area contributed by atoms with Crippen LogP contribution in [0.5, 0.6) is 0 Å². The summed E-state index contributed by atoms with van der Waals surface area (Å²) in [5.41, 5.74) is -1.65. The van der Waals surface area contributed by atoms with E-state index in [-0.39, 0.29) is 0 Å². The van der Waals surface area contributed by atoms with E-state index in [2.05, 4.69) is 9.99 Å². The van der Waals surface area contributed by atoms with E-state index in [4.69, 9.17) is 5.26 Å². The summed E-state index contributed by atoms with van der Waals surface area (Å²) in [4.78, 5) is 26.5. The molecule has 1 unspecified atom stereocenters. The van der Waals surface area contributed by atoms with E-state index in [1.807, 2.05) is 0 Å². The molecule has 0 aliphatic carbocycles. The maximum absolute atomic E-state index is 11.4. The van der Waals surface area contributed by atoms with E-state index < -0.39 is 17.1 Å². The molecule has 0 rings (SSSR count). The lowest BCUT2D eigenvalue weighted by Crippen LogP contribution is -2.37. The normalized spacial score (nSPS) is 14.8. The number of rotatable bonds is 5. The second-order valence-electron chi connectivity index (χ2n) is 3.03. The van der Waals surface area contributed by atoms with Crippen LogP contribution in [0.25, 0.3) is 0 Å². The summed E-state index contributed by atoms with van der Waals surface area (Å²) in [5.74, 6) is -1.06. The van der Waals surface area contributed by atoms with Gasteiger partial charge in [-0.05, 0) is 5.92 Å². The number of oxime groups is 1. The highest BCUT2D eigenvalue weighted by atomic mass is 16.6. The molecule has 0 aromatic carbocycles. The van der Waals surface area contributed by atoms with Crippen molar-refractivity contribution >= 4 is 18.3 Å². The van der Waals surface area contributed by atoms with E-state index in [9.17, 15) is 9.59 Å². The van der Waals surface area contributed by atoms with Gasteiger partial charge in [0.25, 0.3) is 0 Å². The Balaban J connectivity index is 5.03. The van der Waals surface area contributed by atoms with E-state index in [0.717, 1.165) is 6.21 Å². The second-order valence-corrected chi connectivity index (χ2v) is 3.03. The molecule has 76 valence electrons. The predicted molar refractivity (Wildman–Crippen MR) is 49.5 cm³/mol. The number of nitrogens with zero attached hydrogens (tertiary/aromatic N) is 2. The first-order chi connectivity index (χ1) is 6.55. The van der Waals surface area contributed by atoms with Gasteiger partial charge >= 0.3 is 0 Å². The van der Waals surface area contributed by atoms with Gasteiger partial charge in [0.15, 0.2) is 5.41 Å². The van der Waals surface area contributed by atoms with Crippen LogP contribution in [0.4, 0.5) is 0 Å². The molecule has 14 heavy (non-hydrogen) atoms. The average molecular weight is 196 g/mol. The molecule has 0 heterocycles. The molecular formula is C9H12N2O3. The van der Waals surface area contributed by atoms with Crippen molar-refractivity contribution in [3.63, 3.8) is 0 Å². The van der Waals surface area contributed by atoms with Crippen molar-refractivity contribution < 1.29 is 14.4 Å². The number of nitriles is 1. The minimum atomic E-state index is -1.65. The summed E-state index contributed by atoms with van der Waals surface area (Å²) in [6.45, 7) is 3.24. The molecule has 0 radical (unpaired) electrons. The fraction of sp³-hybridized carbons (Fsp3) is 0.556. The van der Waals surface area contributed by atoms with Gasteiger partial charge in [-0.15, -0.1) is 0 Å². The molecule has 0 saturated carbocycles. The molecule has 0 amide bonds. The third-order valence-electron chi connectivity index (χ3n) is 1.96. The van der Waals surface area contributed by atoms with Crippen LogP contribution in [-0.4, -0.2) is 25.4 Å². The molecule has 5 heteroatoms. The Morgan fingerprint density at radius 3 is 2.50 bits per heavy atom. The predicted octanol–water partition coefficient (Wildman–Crippen LogP) is 0.553. The Kier molecular flexibility index (Phi) is 4.50. The number of carbonyl (C=O) groups excluding carboxylic acids is 2. The number of carbonyl (C=O) groups is 2.